The molecule has 0 unspecified atom stereocenters. The Labute approximate surface area is 162 Å². The van der Waals surface area contributed by atoms with Gasteiger partial charge in [0.15, 0.2) is 12.1 Å². The number of hydrogen-bond acceptors (Lipinski definition) is 7. The number of nitrogens with zero attached hydrogens (tertiary/aromatic N) is 4. The topological polar surface area (TPSA) is 83.8 Å². The first-order valence-electron chi connectivity index (χ1n) is 8.82. The maximum atomic E-state index is 13.2. The smallest absolute Gasteiger partial charge is 0.263 e. The minimum atomic E-state index is -0.870. The number of anilines is 2. The molecule has 2 atom stereocenters. The molecular formula is C20H20N4O4. The molecule has 0 bridgehead atoms. The van der Waals surface area contributed by atoms with E-state index in [9.17, 15) is 9.59 Å². The van der Waals surface area contributed by atoms with E-state index in [1.807, 2.05) is 32.0 Å². The van der Waals surface area contributed by atoms with Gasteiger partial charge in [-0.3, -0.25) is 9.59 Å². The summed E-state index contributed by atoms with van der Waals surface area (Å²) in [6.07, 6.45) is 0. The van der Waals surface area contributed by atoms with Crippen LogP contribution in [-0.2, 0) is 9.59 Å². The lowest BCUT2D eigenvalue weighted by atomic mass is 10.1. The summed E-state index contributed by atoms with van der Waals surface area (Å²) < 4.78 is 10.6. The fourth-order valence-corrected chi connectivity index (χ4v) is 3.63. The largest absolute Gasteiger partial charge is 0.497 e. The predicted molar refractivity (Wildman–Crippen MR) is 103 cm³/mol. The van der Waals surface area contributed by atoms with Gasteiger partial charge in [0.2, 0.25) is 0 Å². The highest BCUT2D eigenvalue weighted by Gasteiger charge is 2.55. The van der Waals surface area contributed by atoms with Crippen LogP contribution in [0, 0.1) is 13.8 Å². The summed E-state index contributed by atoms with van der Waals surface area (Å²) in [4.78, 5) is 27.3. The average Bonchev–Trinajstić information content (AvgIpc) is 3.21. The molecule has 144 valence electrons. The summed E-state index contributed by atoms with van der Waals surface area (Å²) in [6, 6.07) is 9.10. The van der Waals surface area contributed by atoms with Crippen molar-refractivity contribution in [1.82, 2.24) is 0 Å². The summed E-state index contributed by atoms with van der Waals surface area (Å²) in [5.74, 6) is 0.375. The fourth-order valence-electron chi connectivity index (χ4n) is 3.63. The minimum absolute atomic E-state index is 0.355. The van der Waals surface area contributed by atoms with Crippen LogP contribution in [0.1, 0.15) is 11.1 Å². The monoisotopic (exact) mass is 380 g/mol. The molecule has 0 saturated carbocycles. The van der Waals surface area contributed by atoms with Gasteiger partial charge >= 0.3 is 0 Å². The van der Waals surface area contributed by atoms with Gasteiger partial charge in [-0.2, -0.15) is 5.11 Å². The Morgan fingerprint density at radius 1 is 0.821 bits per heavy atom. The number of ether oxygens (including phenoxy) is 2. The summed E-state index contributed by atoms with van der Waals surface area (Å²) >= 11 is 0. The SMILES string of the molecule is COc1cc(OC)cc(N2N=N[C@H]3C(=O)N(c4cc(C)cc(C)c4)C(=O)[C@H]32)c1. The Hall–Kier alpha value is -3.42. The third-order valence-electron chi connectivity index (χ3n) is 4.85. The Balaban J connectivity index is 1.72. The van der Waals surface area contributed by atoms with Gasteiger partial charge in [-0.25, -0.2) is 9.91 Å². The van der Waals surface area contributed by atoms with E-state index in [1.54, 1.807) is 32.4 Å². The number of amides is 2. The molecule has 0 N–H and O–H groups in total. The maximum Gasteiger partial charge on any atom is 0.263 e. The van der Waals surface area contributed by atoms with E-state index < -0.39 is 12.1 Å². The van der Waals surface area contributed by atoms with Crippen molar-refractivity contribution < 1.29 is 19.1 Å². The van der Waals surface area contributed by atoms with Gasteiger partial charge in [-0.05, 0) is 37.1 Å². The van der Waals surface area contributed by atoms with E-state index in [-0.39, 0.29) is 11.8 Å². The minimum Gasteiger partial charge on any atom is -0.497 e. The Morgan fingerprint density at radius 2 is 1.43 bits per heavy atom. The molecule has 2 aliphatic heterocycles. The van der Waals surface area contributed by atoms with Gasteiger partial charge in [-0.1, -0.05) is 11.3 Å². The second-order valence-electron chi connectivity index (χ2n) is 6.87. The number of carbonyl (C=O) groups excluding carboxylic acids is 2. The number of aryl methyl sites for hydroxylation is 2. The molecule has 2 amide bonds. The van der Waals surface area contributed by atoms with Crippen LogP contribution in [0.25, 0.3) is 0 Å². The average molecular weight is 380 g/mol. The zero-order valence-electron chi connectivity index (χ0n) is 16.0. The molecule has 28 heavy (non-hydrogen) atoms. The second kappa shape index (κ2) is 6.63. The molecule has 1 fully saturated rings. The van der Waals surface area contributed by atoms with Crippen LogP contribution >= 0.6 is 0 Å². The first kappa shape index (κ1) is 18.0. The van der Waals surface area contributed by atoms with Crippen LogP contribution in [0.15, 0.2) is 46.7 Å². The number of carbonyl (C=O) groups is 2. The number of fused-ring (bicyclic) bond motifs is 1. The Morgan fingerprint density at radius 3 is 2.00 bits per heavy atom. The van der Waals surface area contributed by atoms with E-state index in [4.69, 9.17) is 9.47 Å². The van der Waals surface area contributed by atoms with Crippen molar-refractivity contribution in [3.05, 3.63) is 47.5 Å². The predicted octanol–water partition coefficient (Wildman–Crippen LogP) is 2.82. The van der Waals surface area contributed by atoms with Gasteiger partial charge in [0.25, 0.3) is 11.8 Å². The molecule has 2 aromatic carbocycles. The Kier molecular flexibility index (Phi) is 4.26. The highest BCUT2D eigenvalue weighted by Crippen LogP contribution is 2.38. The first-order valence-corrected chi connectivity index (χ1v) is 8.82. The molecule has 8 nitrogen and oxygen atoms in total. The van der Waals surface area contributed by atoms with E-state index in [0.717, 1.165) is 11.1 Å². The van der Waals surface area contributed by atoms with E-state index in [1.165, 1.54) is 9.91 Å². The highest BCUT2D eigenvalue weighted by molar-refractivity contribution is 6.26. The van der Waals surface area contributed by atoms with Crippen LogP contribution in [0.5, 0.6) is 11.5 Å². The molecule has 2 aliphatic rings. The van der Waals surface area contributed by atoms with E-state index in [0.29, 0.717) is 22.9 Å². The van der Waals surface area contributed by atoms with E-state index >= 15 is 0 Å². The number of benzene rings is 2. The summed E-state index contributed by atoms with van der Waals surface area (Å²) in [6.45, 7) is 3.85. The zero-order valence-corrected chi connectivity index (χ0v) is 16.0. The lowest BCUT2D eigenvalue weighted by molar-refractivity contribution is -0.121. The van der Waals surface area contributed by atoms with Crippen LogP contribution in [0.4, 0.5) is 11.4 Å². The van der Waals surface area contributed by atoms with Crippen molar-refractivity contribution in [2.75, 3.05) is 24.1 Å². The first-order chi connectivity index (χ1) is 13.4. The van der Waals surface area contributed by atoms with Crippen LogP contribution in [-0.4, -0.2) is 38.1 Å². The number of methoxy groups -OCH3 is 2. The number of rotatable bonds is 4. The van der Waals surface area contributed by atoms with Crippen molar-refractivity contribution in [3.63, 3.8) is 0 Å². The molecule has 8 heteroatoms. The van der Waals surface area contributed by atoms with Gasteiger partial charge in [0.1, 0.15) is 11.5 Å². The highest BCUT2D eigenvalue weighted by atomic mass is 16.5. The molecule has 1 saturated heterocycles. The third kappa shape index (κ3) is 2.77. The molecule has 0 aromatic heterocycles. The zero-order chi connectivity index (χ0) is 20.0. The van der Waals surface area contributed by atoms with Gasteiger partial charge in [0.05, 0.1) is 25.6 Å². The Bertz CT molecular complexity index is 961. The van der Waals surface area contributed by atoms with Gasteiger partial charge in [0, 0.05) is 18.2 Å². The molecule has 0 spiro atoms. The molecule has 4 rings (SSSR count). The van der Waals surface area contributed by atoms with Crippen molar-refractivity contribution >= 4 is 23.2 Å². The third-order valence-corrected chi connectivity index (χ3v) is 4.85. The fraction of sp³-hybridized carbons (Fsp3) is 0.300. The second-order valence-corrected chi connectivity index (χ2v) is 6.87. The standard InChI is InChI=1S/C20H20N4O4/c1-11-5-12(2)7-13(6-11)23-19(25)17-18(20(23)26)24(22-21-17)14-8-15(27-3)10-16(9-14)28-4/h5-10,17-18H,1-4H3/t17-,18+/m1/s1. The van der Waals surface area contributed by atoms with E-state index in [2.05, 4.69) is 10.3 Å². The summed E-state index contributed by atoms with van der Waals surface area (Å²) in [7, 11) is 3.08. The summed E-state index contributed by atoms with van der Waals surface area (Å²) in [5.41, 5.74) is 3.07. The maximum absolute atomic E-state index is 13.2. The molecule has 2 heterocycles. The van der Waals surface area contributed by atoms with Crippen LogP contribution < -0.4 is 19.4 Å². The lowest BCUT2D eigenvalue weighted by Crippen LogP contribution is -2.40. The quantitative estimate of drug-likeness (QED) is 0.762. The van der Waals surface area contributed by atoms with Crippen molar-refractivity contribution in [1.29, 1.82) is 0 Å². The normalized spacial score (nSPS) is 20.7. The van der Waals surface area contributed by atoms with Gasteiger partial charge in [-0.15, -0.1) is 0 Å². The summed E-state index contributed by atoms with van der Waals surface area (Å²) in [5, 5.41) is 9.62. The molecule has 0 radical (unpaired) electrons. The van der Waals surface area contributed by atoms with Crippen molar-refractivity contribution in [2.45, 2.75) is 25.9 Å². The van der Waals surface area contributed by atoms with Crippen molar-refractivity contribution in [2.24, 2.45) is 10.3 Å². The lowest BCUT2D eigenvalue weighted by Gasteiger charge is -2.22. The molecular weight excluding hydrogens is 360 g/mol. The molecule has 2 aromatic rings. The number of imide groups is 1. The molecule has 0 aliphatic carbocycles. The van der Waals surface area contributed by atoms with Crippen LogP contribution in [0.3, 0.4) is 0 Å². The number of hydrogen-bond donors (Lipinski definition) is 0. The van der Waals surface area contributed by atoms with Crippen LogP contribution in [0.2, 0.25) is 0 Å². The van der Waals surface area contributed by atoms with Gasteiger partial charge < -0.3 is 9.47 Å². The van der Waals surface area contributed by atoms with Crippen molar-refractivity contribution in [3.8, 4) is 11.5 Å².